The lowest BCUT2D eigenvalue weighted by molar-refractivity contribution is -0.110. The van der Waals surface area contributed by atoms with Crippen LogP contribution in [0.4, 0.5) is 17.1 Å². The largest absolute Gasteiger partial charge is 0.336 e. The third-order valence-corrected chi connectivity index (χ3v) is 4.05. The first-order valence-electron chi connectivity index (χ1n) is 8.87. The second-order valence-corrected chi connectivity index (χ2v) is 6.61. The monoisotopic (exact) mass is 357 g/mol. The molecule has 0 bridgehead atoms. The number of hydrogen-bond acceptors (Lipinski definition) is 2. The third-order valence-electron chi connectivity index (χ3n) is 4.05. The van der Waals surface area contributed by atoms with E-state index < -0.39 is 0 Å². The van der Waals surface area contributed by atoms with Crippen LogP contribution in [0.2, 0.25) is 0 Å². The van der Waals surface area contributed by atoms with Gasteiger partial charge in [-0.15, -0.1) is 0 Å². The zero-order valence-corrected chi connectivity index (χ0v) is 15.8. The molecule has 3 aromatic carbocycles. The molecule has 0 aliphatic rings. The van der Waals surface area contributed by atoms with Gasteiger partial charge in [0.25, 0.3) is 5.91 Å². The number of amidine groups is 1. The molecule has 3 aromatic rings. The van der Waals surface area contributed by atoms with E-state index in [1.807, 2.05) is 93.6 Å². The van der Waals surface area contributed by atoms with Gasteiger partial charge in [-0.2, -0.15) is 0 Å². The maximum Gasteiger partial charge on any atom is 0.291 e. The quantitative estimate of drug-likeness (QED) is 0.487. The molecule has 4 heteroatoms. The summed E-state index contributed by atoms with van der Waals surface area (Å²) < 4.78 is 0. The fourth-order valence-corrected chi connectivity index (χ4v) is 2.66. The van der Waals surface area contributed by atoms with Crippen molar-refractivity contribution in [3.05, 3.63) is 89.5 Å². The molecular weight excluding hydrogens is 334 g/mol. The number of anilines is 2. The molecule has 0 radical (unpaired) electrons. The van der Waals surface area contributed by atoms with Gasteiger partial charge < -0.3 is 10.6 Å². The van der Waals surface area contributed by atoms with Crippen LogP contribution >= 0.6 is 0 Å². The molecule has 0 aromatic heterocycles. The Bertz CT molecular complexity index is 975. The fraction of sp³-hybridized carbons (Fsp3) is 0.130. The second-order valence-electron chi connectivity index (χ2n) is 6.61. The van der Waals surface area contributed by atoms with Crippen LogP contribution in [0.5, 0.6) is 0 Å². The maximum atomic E-state index is 12.9. The molecule has 27 heavy (non-hydrogen) atoms. The van der Waals surface area contributed by atoms with Gasteiger partial charge >= 0.3 is 0 Å². The van der Waals surface area contributed by atoms with E-state index in [2.05, 4.69) is 15.6 Å². The number of carbonyl (C=O) groups is 1. The molecule has 0 saturated heterocycles. The van der Waals surface area contributed by atoms with Crippen LogP contribution in [0.1, 0.15) is 16.7 Å². The van der Waals surface area contributed by atoms with Crippen molar-refractivity contribution in [1.82, 2.24) is 0 Å². The number of benzene rings is 3. The van der Waals surface area contributed by atoms with E-state index in [-0.39, 0.29) is 11.7 Å². The average Bonchev–Trinajstić information content (AvgIpc) is 2.63. The van der Waals surface area contributed by atoms with Crippen LogP contribution in [0.25, 0.3) is 0 Å². The summed E-state index contributed by atoms with van der Waals surface area (Å²) in [6.45, 7) is 6.01. The number of nitrogens with one attached hydrogen (secondary N) is 2. The lowest BCUT2D eigenvalue weighted by Crippen LogP contribution is -2.29. The van der Waals surface area contributed by atoms with Gasteiger partial charge in [0, 0.05) is 11.4 Å². The van der Waals surface area contributed by atoms with Gasteiger partial charge in [0.2, 0.25) is 0 Å². The normalized spacial score (nSPS) is 11.1. The van der Waals surface area contributed by atoms with Gasteiger partial charge in [0.15, 0.2) is 5.84 Å². The highest BCUT2D eigenvalue weighted by molar-refractivity contribution is 6.46. The van der Waals surface area contributed by atoms with E-state index in [4.69, 9.17) is 0 Å². The molecule has 1 amide bonds. The summed E-state index contributed by atoms with van der Waals surface area (Å²) in [6.07, 6.45) is 0. The van der Waals surface area contributed by atoms with Gasteiger partial charge in [0.05, 0.1) is 5.69 Å². The van der Waals surface area contributed by atoms with Crippen molar-refractivity contribution >= 4 is 28.8 Å². The lowest BCUT2D eigenvalue weighted by Gasteiger charge is -2.12. The highest BCUT2D eigenvalue weighted by Crippen LogP contribution is 2.16. The summed E-state index contributed by atoms with van der Waals surface area (Å²) in [6, 6.07) is 23.3. The van der Waals surface area contributed by atoms with Crippen LogP contribution < -0.4 is 10.6 Å². The van der Waals surface area contributed by atoms with Gasteiger partial charge in [-0.25, -0.2) is 4.99 Å². The predicted molar refractivity (Wildman–Crippen MR) is 113 cm³/mol. The number of aryl methyl sites for hydroxylation is 3. The molecule has 0 spiro atoms. The van der Waals surface area contributed by atoms with Crippen LogP contribution in [-0.4, -0.2) is 11.7 Å². The SMILES string of the molecule is Cc1ccc(N=C(Nc2cccc(C)c2)C(=O)Nc2cccc(C)c2)cc1. The first-order chi connectivity index (χ1) is 13.0. The Kier molecular flexibility index (Phi) is 5.67. The molecule has 2 N–H and O–H groups in total. The molecule has 0 atom stereocenters. The van der Waals surface area contributed by atoms with E-state index in [0.717, 1.165) is 33.8 Å². The van der Waals surface area contributed by atoms with Crippen molar-refractivity contribution in [2.24, 2.45) is 4.99 Å². The molecular formula is C23H23N3O. The standard InChI is InChI=1S/C23H23N3O/c1-16-10-12-19(13-11-16)24-22(25-20-8-4-6-17(2)14-20)23(27)26-21-9-5-7-18(3)15-21/h4-15H,1-3H3,(H,24,25)(H,26,27). The number of aliphatic imine (C=N–C) groups is 1. The van der Waals surface area contributed by atoms with Crippen molar-refractivity contribution in [2.45, 2.75) is 20.8 Å². The van der Waals surface area contributed by atoms with Crippen molar-refractivity contribution in [1.29, 1.82) is 0 Å². The molecule has 0 saturated carbocycles. The molecule has 0 unspecified atom stereocenters. The minimum absolute atomic E-state index is 0.242. The molecule has 0 heterocycles. The second kappa shape index (κ2) is 8.32. The van der Waals surface area contributed by atoms with Crippen LogP contribution in [0.3, 0.4) is 0 Å². The zero-order chi connectivity index (χ0) is 19.2. The molecule has 3 rings (SSSR count). The number of rotatable bonds is 3. The van der Waals surface area contributed by atoms with Gasteiger partial charge in [0.1, 0.15) is 0 Å². The molecule has 0 aliphatic carbocycles. The maximum absolute atomic E-state index is 12.9. The van der Waals surface area contributed by atoms with E-state index in [1.54, 1.807) is 0 Å². The summed E-state index contributed by atoms with van der Waals surface area (Å²) in [5.41, 5.74) is 5.61. The van der Waals surface area contributed by atoms with E-state index in [0.29, 0.717) is 0 Å². The molecule has 0 fully saturated rings. The summed E-state index contributed by atoms with van der Waals surface area (Å²) in [5.74, 6) is -0.0476. The lowest BCUT2D eigenvalue weighted by atomic mass is 10.2. The fourth-order valence-electron chi connectivity index (χ4n) is 2.66. The van der Waals surface area contributed by atoms with Crippen molar-refractivity contribution < 1.29 is 4.79 Å². The minimum Gasteiger partial charge on any atom is -0.336 e. The Morgan fingerprint density at radius 1 is 0.704 bits per heavy atom. The van der Waals surface area contributed by atoms with Crippen molar-refractivity contribution in [3.8, 4) is 0 Å². The van der Waals surface area contributed by atoms with E-state index >= 15 is 0 Å². The van der Waals surface area contributed by atoms with E-state index in [9.17, 15) is 4.79 Å². The van der Waals surface area contributed by atoms with Crippen molar-refractivity contribution in [3.63, 3.8) is 0 Å². The van der Waals surface area contributed by atoms with Crippen LogP contribution in [0, 0.1) is 20.8 Å². The zero-order valence-electron chi connectivity index (χ0n) is 15.8. The Labute approximate surface area is 160 Å². The molecule has 0 aliphatic heterocycles. The Balaban J connectivity index is 1.90. The predicted octanol–water partition coefficient (Wildman–Crippen LogP) is 5.39. The van der Waals surface area contributed by atoms with Crippen LogP contribution in [-0.2, 0) is 4.79 Å². The Hall–Kier alpha value is -3.40. The molecule has 136 valence electrons. The number of nitrogens with zero attached hydrogens (tertiary/aromatic N) is 1. The topological polar surface area (TPSA) is 53.5 Å². The van der Waals surface area contributed by atoms with Gasteiger partial charge in [-0.3, -0.25) is 4.79 Å². The Morgan fingerprint density at radius 2 is 1.26 bits per heavy atom. The summed E-state index contributed by atoms with van der Waals surface area (Å²) in [4.78, 5) is 17.4. The number of amides is 1. The molecule has 4 nitrogen and oxygen atoms in total. The first kappa shape index (κ1) is 18.4. The van der Waals surface area contributed by atoms with Gasteiger partial charge in [-0.05, 0) is 68.3 Å². The minimum atomic E-state index is -0.289. The number of hydrogen-bond donors (Lipinski definition) is 2. The smallest absolute Gasteiger partial charge is 0.291 e. The van der Waals surface area contributed by atoms with Crippen molar-refractivity contribution in [2.75, 3.05) is 10.6 Å². The van der Waals surface area contributed by atoms with Gasteiger partial charge in [-0.1, -0.05) is 42.0 Å². The first-order valence-corrected chi connectivity index (χ1v) is 8.87. The third kappa shape index (κ3) is 5.28. The summed E-state index contributed by atoms with van der Waals surface area (Å²) >= 11 is 0. The number of carbonyl (C=O) groups excluding carboxylic acids is 1. The highest BCUT2D eigenvalue weighted by atomic mass is 16.2. The summed E-state index contributed by atoms with van der Waals surface area (Å²) in [7, 11) is 0. The Morgan fingerprint density at radius 3 is 1.81 bits per heavy atom. The summed E-state index contributed by atoms with van der Waals surface area (Å²) in [5, 5.41) is 6.07. The van der Waals surface area contributed by atoms with E-state index in [1.165, 1.54) is 0 Å². The van der Waals surface area contributed by atoms with Crippen LogP contribution in [0.15, 0.2) is 77.8 Å². The highest BCUT2D eigenvalue weighted by Gasteiger charge is 2.13. The average molecular weight is 357 g/mol.